The van der Waals surface area contributed by atoms with E-state index < -0.39 is 0 Å². The number of nitrogens with zero attached hydrogens (tertiary/aromatic N) is 3. The topological polar surface area (TPSA) is 42.7 Å². The lowest BCUT2D eigenvalue weighted by Crippen LogP contribution is -2.14. The van der Waals surface area contributed by atoms with Crippen molar-refractivity contribution in [2.75, 3.05) is 5.43 Å². The van der Waals surface area contributed by atoms with E-state index >= 15 is 0 Å². The molecule has 2 heterocycles. The molecular formula is C15H11ClN4S. The molecule has 1 aromatic heterocycles. The molecule has 4 nitrogen and oxygen atoms in total. The molecule has 1 unspecified atom stereocenters. The van der Waals surface area contributed by atoms with Crippen LogP contribution in [0.1, 0.15) is 10.9 Å². The summed E-state index contributed by atoms with van der Waals surface area (Å²) >= 11 is 7.89. The third-order valence-corrected chi connectivity index (χ3v) is 4.74. The number of thioether (sulfide) groups is 1. The minimum atomic E-state index is 0.0478. The van der Waals surface area contributed by atoms with Crippen LogP contribution in [0.15, 0.2) is 59.8 Å². The minimum absolute atomic E-state index is 0.0478. The second-order valence-corrected chi connectivity index (χ2v) is 6.14. The highest BCUT2D eigenvalue weighted by Gasteiger charge is 2.29. The molecule has 0 saturated carbocycles. The van der Waals surface area contributed by atoms with Gasteiger partial charge in [0.15, 0.2) is 5.82 Å². The van der Waals surface area contributed by atoms with Crippen molar-refractivity contribution in [2.24, 2.45) is 0 Å². The molecule has 0 bridgehead atoms. The van der Waals surface area contributed by atoms with Gasteiger partial charge in [0.05, 0.1) is 0 Å². The Morgan fingerprint density at radius 1 is 1.00 bits per heavy atom. The van der Waals surface area contributed by atoms with Gasteiger partial charge in [-0.25, -0.2) is 4.68 Å². The summed E-state index contributed by atoms with van der Waals surface area (Å²) in [4.78, 5) is 0. The van der Waals surface area contributed by atoms with Crippen LogP contribution in [-0.2, 0) is 0 Å². The minimum Gasteiger partial charge on any atom is -0.304 e. The van der Waals surface area contributed by atoms with Gasteiger partial charge in [-0.2, -0.15) is 0 Å². The summed E-state index contributed by atoms with van der Waals surface area (Å²) in [5.74, 6) is 0.813. The van der Waals surface area contributed by atoms with E-state index in [2.05, 4.69) is 15.6 Å². The molecule has 0 amide bonds. The molecule has 0 fully saturated rings. The van der Waals surface area contributed by atoms with Crippen molar-refractivity contribution in [1.82, 2.24) is 14.9 Å². The van der Waals surface area contributed by atoms with E-state index in [-0.39, 0.29) is 5.37 Å². The maximum atomic E-state index is 6.27. The Balaban J connectivity index is 1.70. The van der Waals surface area contributed by atoms with E-state index in [1.807, 2.05) is 59.3 Å². The molecule has 3 aromatic rings. The fraction of sp³-hybridized carbons (Fsp3) is 0.0667. The van der Waals surface area contributed by atoms with Crippen LogP contribution in [0.4, 0.5) is 0 Å². The van der Waals surface area contributed by atoms with Crippen molar-refractivity contribution in [3.63, 3.8) is 0 Å². The molecule has 1 aliphatic heterocycles. The van der Waals surface area contributed by atoms with E-state index in [9.17, 15) is 0 Å². The van der Waals surface area contributed by atoms with Crippen LogP contribution in [0.3, 0.4) is 0 Å². The van der Waals surface area contributed by atoms with Crippen LogP contribution in [0.2, 0.25) is 5.02 Å². The Morgan fingerprint density at radius 3 is 2.57 bits per heavy atom. The number of hydrogen-bond acceptors (Lipinski definition) is 4. The van der Waals surface area contributed by atoms with Gasteiger partial charge in [0, 0.05) is 16.1 Å². The van der Waals surface area contributed by atoms with Crippen molar-refractivity contribution in [3.05, 3.63) is 65.2 Å². The van der Waals surface area contributed by atoms with Gasteiger partial charge in [0.1, 0.15) is 5.37 Å². The highest BCUT2D eigenvalue weighted by atomic mass is 35.5. The van der Waals surface area contributed by atoms with Crippen LogP contribution >= 0.6 is 23.4 Å². The van der Waals surface area contributed by atoms with Gasteiger partial charge >= 0.3 is 0 Å². The van der Waals surface area contributed by atoms with Gasteiger partial charge in [0.2, 0.25) is 5.16 Å². The molecule has 104 valence electrons. The Morgan fingerprint density at radius 2 is 1.76 bits per heavy atom. The monoisotopic (exact) mass is 314 g/mol. The number of halogens is 1. The zero-order valence-corrected chi connectivity index (χ0v) is 12.5. The summed E-state index contributed by atoms with van der Waals surface area (Å²) in [6.45, 7) is 0. The van der Waals surface area contributed by atoms with Gasteiger partial charge in [-0.05, 0) is 6.07 Å². The number of hydrogen-bond donors (Lipinski definition) is 1. The van der Waals surface area contributed by atoms with E-state index in [4.69, 9.17) is 11.6 Å². The smallest absolute Gasteiger partial charge is 0.212 e. The first kappa shape index (κ1) is 12.7. The third kappa shape index (κ3) is 2.18. The molecule has 0 radical (unpaired) electrons. The number of fused-ring (bicyclic) bond motifs is 1. The second-order valence-electron chi connectivity index (χ2n) is 4.66. The van der Waals surface area contributed by atoms with E-state index in [1.165, 1.54) is 0 Å². The largest absolute Gasteiger partial charge is 0.304 e. The quantitative estimate of drug-likeness (QED) is 0.778. The molecule has 0 saturated heterocycles. The molecule has 2 aromatic carbocycles. The fourth-order valence-electron chi connectivity index (χ4n) is 2.31. The average Bonchev–Trinajstić information content (AvgIpc) is 3.08. The number of nitrogens with one attached hydrogen (secondary N) is 1. The van der Waals surface area contributed by atoms with Crippen molar-refractivity contribution >= 4 is 23.4 Å². The molecule has 1 aliphatic rings. The average molecular weight is 315 g/mol. The summed E-state index contributed by atoms with van der Waals surface area (Å²) in [6, 6.07) is 17.8. The lowest BCUT2D eigenvalue weighted by Gasteiger charge is -2.13. The van der Waals surface area contributed by atoms with Crippen molar-refractivity contribution in [1.29, 1.82) is 0 Å². The van der Waals surface area contributed by atoms with Gasteiger partial charge in [-0.15, -0.1) is 10.2 Å². The molecular weight excluding hydrogens is 304 g/mol. The number of rotatable bonds is 2. The van der Waals surface area contributed by atoms with Crippen molar-refractivity contribution < 1.29 is 0 Å². The Bertz CT molecular complexity index is 787. The molecule has 6 heteroatoms. The van der Waals surface area contributed by atoms with Crippen LogP contribution < -0.4 is 5.43 Å². The first-order chi connectivity index (χ1) is 10.3. The van der Waals surface area contributed by atoms with E-state index in [0.717, 1.165) is 27.1 Å². The fourth-order valence-corrected chi connectivity index (χ4v) is 3.65. The standard InChI is InChI=1S/C15H11ClN4S/c16-12-9-5-4-8-11(12)14-19-20-13(17-18-15(20)21-14)10-6-2-1-3-7-10/h1-9,14,19H. The summed E-state index contributed by atoms with van der Waals surface area (Å²) in [5, 5.41) is 10.2. The molecule has 1 N–H and O–H groups in total. The summed E-state index contributed by atoms with van der Waals surface area (Å²) < 4.78 is 1.92. The highest BCUT2D eigenvalue weighted by molar-refractivity contribution is 7.99. The predicted molar refractivity (Wildman–Crippen MR) is 84.9 cm³/mol. The molecule has 0 spiro atoms. The zero-order valence-electron chi connectivity index (χ0n) is 10.9. The lowest BCUT2D eigenvalue weighted by molar-refractivity contribution is 0.792. The van der Waals surface area contributed by atoms with E-state index in [0.29, 0.717) is 0 Å². The first-order valence-corrected chi connectivity index (χ1v) is 7.77. The van der Waals surface area contributed by atoms with Gasteiger partial charge in [-0.3, -0.25) is 0 Å². The second kappa shape index (κ2) is 5.09. The predicted octanol–water partition coefficient (Wildman–Crippen LogP) is 3.95. The zero-order chi connectivity index (χ0) is 14.2. The number of benzene rings is 2. The third-order valence-electron chi connectivity index (χ3n) is 3.32. The molecule has 21 heavy (non-hydrogen) atoms. The Hall–Kier alpha value is -1.98. The van der Waals surface area contributed by atoms with Crippen molar-refractivity contribution in [2.45, 2.75) is 10.5 Å². The summed E-state index contributed by atoms with van der Waals surface area (Å²) in [5.41, 5.74) is 5.49. The Labute approximate surface area is 131 Å². The van der Waals surface area contributed by atoms with Crippen LogP contribution in [0.5, 0.6) is 0 Å². The SMILES string of the molecule is Clc1ccccc1C1Nn2c(nnc2-c2ccccc2)S1. The first-order valence-electron chi connectivity index (χ1n) is 6.51. The van der Waals surface area contributed by atoms with Crippen LogP contribution in [0, 0.1) is 0 Å². The van der Waals surface area contributed by atoms with Gasteiger partial charge < -0.3 is 5.43 Å². The van der Waals surface area contributed by atoms with E-state index in [1.54, 1.807) is 11.8 Å². The maximum absolute atomic E-state index is 6.27. The van der Waals surface area contributed by atoms with Crippen LogP contribution in [0.25, 0.3) is 11.4 Å². The summed E-state index contributed by atoms with van der Waals surface area (Å²) in [7, 11) is 0. The van der Waals surface area contributed by atoms with Crippen LogP contribution in [-0.4, -0.2) is 14.9 Å². The maximum Gasteiger partial charge on any atom is 0.212 e. The highest BCUT2D eigenvalue weighted by Crippen LogP contribution is 2.42. The molecule has 1 atom stereocenters. The molecule has 4 rings (SSSR count). The van der Waals surface area contributed by atoms with Crippen molar-refractivity contribution in [3.8, 4) is 11.4 Å². The normalized spacial score (nSPS) is 16.5. The Kier molecular flexibility index (Phi) is 3.09. The molecule has 0 aliphatic carbocycles. The lowest BCUT2D eigenvalue weighted by atomic mass is 10.2. The van der Waals surface area contributed by atoms with Gasteiger partial charge in [-0.1, -0.05) is 71.9 Å². The number of aromatic nitrogens is 3. The summed E-state index contributed by atoms with van der Waals surface area (Å²) in [6.07, 6.45) is 0. The van der Waals surface area contributed by atoms with Gasteiger partial charge in [0.25, 0.3) is 0 Å².